The lowest BCUT2D eigenvalue weighted by Gasteiger charge is -2.19. The number of rotatable bonds is 0. The lowest BCUT2D eigenvalue weighted by atomic mass is 9.96. The third-order valence-corrected chi connectivity index (χ3v) is 1.81. The van der Waals surface area contributed by atoms with E-state index in [2.05, 4.69) is 15.0 Å². The van der Waals surface area contributed by atoms with Gasteiger partial charge in [0.1, 0.15) is 5.82 Å². The van der Waals surface area contributed by atoms with Gasteiger partial charge >= 0.3 is 12.4 Å². The Balaban J connectivity index is 3.49. The first-order valence-electron chi connectivity index (χ1n) is 4.73. The minimum absolute atomic E-state index is 0.558. The molecule has 1 heterocycles. The van der Waals surface area contributed by atoms with E-state index in [1.54, 1.807) is 0 Å². The highest BCUT2D eigenvalue weighted by Gasteiger charge is 2.42. The molecule has 0 spiro atoms. The van der Waals surface area contributed by atoms with Gasteiger partial charge in [-0.05, 0) is 0 Å². The summed E-state index contributed by atoms with van der Waals surface area (Å²) >= 11 is 0. The fourth-order valence-electron chi connectivity index (χ4n) is 0.965. The zero-order chi connectivity index (χ0) is 14.4. The van der Waals surface area contributed by atoms with Crippen LogP contribution in [0.3, 0.4) is 0 Å². The van der Waals surface area contributed by atoms with Gasteiger partial charge in [0, 0.05) is 5.41 Å². The molecular weight excluding hydrogens is 264 g/mol. The normalized spacial score (nSPS) is 13.8. The molecule has 0 bridgehead atoms. The highest BCUT2D eigenvalue weighted by Crippen LogP contribution is 2.32. The van der Waals surface area contributed by atoms with Crippen molar-refractivity contribution >= 4 is 0 Å². The van der Waals surface area contributed by atoms with E-state index in [0.717, 1.165) is 0 Å². The van der Waals surface area contributed by atoms with E-state index in [1.807, 2.05) is 0 Å². The summed E-state index contributed by atoms with van der Waals surface area (Å²) in [6, 6.07) is 0. The van der Waals surface area contributed by atoms with E-state index in [0.29, 0.717) is 0 Å². The van der Waals surface area contributed by atoms with Crippen molar-refractivity contribution in [1.82, 2.24) is 15.0 Å². The van der Waals surface area contributed by atoms with Crippen molar-refractivity contribution < 1.29 is 26.3 Å². The highest BCUT2D eigenvalue weighted by atomic mass is 19.4. The van der Waals surface area contributed by atoms with Crippen LogP contribution in [0.5, 0.6) is 0 Å². The van der Waals surface area contributed by atoms with Crippen molar-refractivity contribution in [3.8, 4) is 0 Å². The molecule has 0 unspecified atom stereocenters. The van der Waals surface area contributed by atoms with Crippen molar-refractivity contribution in [3.63, 3.8) is 0 Å². The Morgan fingerprint density at radius 3 is 1.11 bits per heavy atom. The van der Waals surface area contributed by atoms with Gasteiger partial charge in [0.05, 0.1) is 0 Å². The van der Waals surface area contributed by atoms with Gasteiger partial charge in [-0.3, -0.25) is 0 Å². The summed E-state index contributed by atoms with van der Waals surface area (Å²) in [6.45, 7) is 4.22. The lowest BCUT2D eigenvalue weighted by Crippen LogP contribution is -2.25. The first-order valence-corrected chi connectivity index (χ1v) is 4.73. The molecular formula is C9H9F6N3. The maximum atomic E-state index is 12.4. The van der Waals surface area contributed by atoms with Crippen LogP contribution < -0.4 is 0 Å². The van der Waals surface area contributed by atoms with E-state index in [-0.39, 0.29) is 0 Å². The van der Waals surface area contributed by atoms with Gasteiger partial charge in [-0.15, -0.1) is 0 Å². The smallest absolute Gasteiger partial charge is 0.209 e. The molecule has 0 saturated heterocycles. The van der Waals surface area contributed by atoms with Crippen molar-refractivity contribution in [3.05, 3.63) is 17.5 Å². The summed E-state index contributed by atoms with van der Waals surface area (Å²) in [6.07, 6.45) is -10.1. The van der Waals surface area contributed by atoms with Gasteiger partial charge in [-0.1, -0.05) is 20.8 Å². The fourth-order valence-corrected chi connectivity index (χ4v) is 0.965. The molecule has 0 radical (unpaired) electrons. The summed E-state index contributed by atoms with van der Waals surface area (Å²) in [5.41, 5.74) is -1.05. The first kappa shape index (κ1) is 14.7. The summed E-state index contributed by atoms with van der Waals surface area (Å²) in [4.78, 5) is 8.50. The molecule has 102 valence electrons. The van der Waals surface area contributed by atoms with Crippen LogP contribution in [0.1, 0.15) is 38.2 Å². The molecule has 3 nitrogen and oxygen atoms in total. The summed E-state index contributed by atoms with van der Waals surface area (Å²) in [5, 5.41) is 0. The van der Waals surface area contributed by atoms with Crippen LogP contribution >= 0.6 is 0 Å². The Morgan fingerprint density at radius 1 is 0.611 bits per heavy atom. The lowest BCUT2D eigenvalue weighted by molar-refractivity contribution is -0.155. The summed E-state index contributed by atoms with van der Waals surface area (Å²) in [5.74, 6) is -4.23. The highest BCUT2D eigenvalue weighted by molar-refractivity contribution is 5.09. The fraction of sp³-hybridized carbons (Fsp3) is 0.667. The number of hydrogen-bond donors (Lipinski definition) is 0. The zero-order valence-corrected chi connectivity index (χ0v) is 9.61. The second-order valence-electron chi connectivity index (χ2n) is 4.55. The monoisotopic (exact) mass is 273 g/mol. The Hall–Kier alpha value is -1.41. The van der Waals surface area contributed by atoms with E-state index in [4.69, 9.17) is 0 Å². The minimum atomic E-state index is -5.05. The van der Waals surface area contributed by atoms with Crippen molar-refractivity contribution in [2.24, 2.45) is 0 Å². The summed E-state index contributed by atoms with van der Waals surface area (Å²) in [7, 11) is 0. The standard InChI is InChI=1S/C9H9F6N3/c1-7(2,3)4-16-5(8(10,11)12)18-6(17-4)9(13,14)15/h1-3H3. The molecule has 0 amide bonds. The number of aromatic nitrogens is 3. The van der Waals surface area contributed by atoms with Gasteiger partial charge in [0.25, 0.3) is 0 Å². The largest absolute Gasteiger partial charge is 0.451 e. The molecule has 0 aliphatic rings. The molecule has 1 aromatic heterocycles. The van der Waals surface area contributed by atoms with Gasteiger partial charge in [-0.2, -0.15) is 26.3 Å². The third kappa shape index (κ3) is 3.30. The van der Waals surface area contributed by atoms with Crippen LogP contribution in [0.25, 0.3) is 0 Å². The Labute approximate surface area is 98.3 Å². The average molecular weight is 273 g/mol. The third-order valence-electron chi connectivity index (χ3n) is 1.81. The second-order valence-corrected chi connectivity index (χ2v) is 4.55. The van der Waals surface area contributed by atoms with E-state index < -0.39 is 35.2 Å². The van der Waals surface area contributed by atoms with E-state index >= 15 is 0 Å². The Kier molecular flexibility index (Phi) is 3.30. The van der Waals surface area contributed by atoms with Crippen LogP contribution in [0.15, 0.2) is 0 Å². The molecule has 0 saturated carbocycles. The average Bonchev–Trinajstić information content (AvgIpc) is 2.13. The van der Waals surface area contributed by atoms with Crippen molar-refractivity contribution in [2.75, 3.05) is 0 Å². The maximum Gasteiger partial charge on any atom is 0.451 e. The molecule has 9 heteroatoms. The van der Waals surface area contributed by atoms with Gasteiger partial charge in [0.2, 0.25) is 11.6 Å². The number of hydrogen-bond acceptors (Lipinski definition) is 3. The Morgan fingerprint density at radius 2 is 0.889 bits per heavy atom. The maximum absolute atomic E-state index is 12.4. The van der Waals surface area contributed by atoms with Crippen LogP contribution in [0.4, 0.5) is 26.3 Å². The zero-order valence-electron chi connectivity index (χ0n) is 9.61. The quantitative estimate of drug-likeness (QED) is 0.681. The van der Waals surface area contributed by atoms with Gasteiger partial charge in [0.15, 0.2) is 0 Å². The Bertz CT molecular complexity index is 364. The van der Waals surface area contributed by atoms with Crippen molar-refractivity contribution in [1.29, 1.82) is 0 Å². The SMILES string of the molecule is CC(C)(C)c1nc(C(F)(F)F)nc(C(F)(F)F)n1. The van der Waals surface area contributed by atoms with Gasteiger partial charge < -0.3 is 0 Å². The minimum Gasteiger partial charge on any atom is -0.209 e. The number of alkyl halides is 6. The van der Waals surface area contributed by atoms with Crippen molar-refractivity contribution in [2.45, 2.75) is 38.5 Å². The van der Waals surface area contributed by atoms with E-state index in [1.165, 1.54) is 20.8 Å². The predicted octanol–water partition coefficient (Wildman–Crippen LogP) is 3.21. The van der Waals surface area contributed by atoms with Crippen LogP contribution in [0.2, 0.25) is 0 Å². The number of halogens is 6. The molecule has 0 aliphatic carbocycles. The summed E-state index contributed by atoms with van der Waals surface area (Å²) < 4.78 is 74.4. The molecule has 0 fully saturated rings. The molecule has 0 aromatic carbocycles. The topological polar surface area (TPSA) is 38.7 Å². The molecule has 0 aliphatic heterocycles. The molecule has 18 heavy (non-hydrogen) atoms. The van der Waals surface area contributed by atoms with E-state index in [9.17, 15) is 26.3 Å². The molecule has 1 aromatic rings. The molecule has 0 atom stereocenters. The first-order chi connectivity index (χ1) is 7.82. The number of nitrogens with zero attached hydrogens (tertiary/aromatic N) is 3. The molecule has 1 rings (SSSR count). The second kappa shape index (κ2) is 4.06. The van der Waals surface area contributed by atoms with Crippen LogP contribution in [0, 0.1) is 0 Å². The predicted molar refractivity (Wildman–Crippen MR) is 48.5 cm³/mol. The van der Waals surface area contributed by atoms with Crippen LogP contribution in [-0.2, 0) is 17.8 Å². The molecule has 0 N–H and O–H groups in total. The van der Waals surface area contributed by atoms with Crippen LogP contribution in [-0.4, -0.2) is 15.0 Å². The van der Waals surface area contributed by atoms with Gasteiger partial charge in [-0.25, -0.2) is 15.0 Å².